The van der Waals surface area contributed by atoms with Crippen LogP contribution in [-0.2, 0) is 25.5 Å². The van der Waals surface area contributed by atoms with Crippen molar-refractivity contribution in [3.8, 4) is 0 Å². The van der Waals surface area contributed by atoms with Crippen molar-refractivity contribution >= 4 is 29.4 Å². The van der Waals surface area contributed by atoms with E-state index in [1.54, 1.807) is 0 Å². The molecule has 0 radical (unpaired) electrons. The largest absolute Gasteiger partial charge is 0.380 e. The van der Waals surface area contributed by atoms with Crippen LogP contribution in [0, 0.1) is 11.8 Å². The quantitative estimate of drug-likeness (QED) is 0.147. The summed E-state index contributed by atoms with van der Waals surface area (Å²) in [5.41, 5.74) is 6.91. The molecular formula is C30H52N6O5. The lowest BCUT2D eigenvalue weighted by Crippen LogP contribution is -2.54. The predicted octanol–water partition coefficient (Wildman–Crippen LogP) is 2.69. The van der Waals surface area contributed by atoms with E-state index >= 15 is 0 Å². The molecule has 0 aromatic heterocycles. The molecule has 7 N–H and O–H groups in total. The van der Waals surface area contributed by atoms with Gasteiger partial charge in [0.2, 0.25) is 17.7 Å². The van der Waals surface area contributed by atoms with Crippen molar-refractivity contribution in [2.45, 2.75) is 91.8 Å². The molecule has 0 aliphatic carbocycles. The van der Waals surface area contributed by atoms with E-state index < -0.39 is 24.0 Å². The lowest BCUT2D eigenvalue weighted by Gasteiger charge is -2.25. The highest BCUT2D eigenvalue weighted by molar-refractivity contribution is 5.98. The van der Waals surface area contributed by atoms with Gasteiger partial charge in [0.15, 0.2) is 0 Å². The Balaban J connectivity index is 2.77. The van der Waals surface area contributed by atoms with Crippen LogP contribution in [0.25, 0.3) is 0 Å². The fourth-order valence-electron chi connectivity index (χ4n) is 4.02. The van der Waals surface area contributed by atoms with Gasteiger partial charge in [-0.2, -0.15) is 0 Å². The normalized spacial score (nSPS) is 13.0. The summed E-state index contributed by atoms with van der Waals surface area (Å²) >= 11 is 0. The van der Waals surface area contributed by atoms with Crippen LogP contribution in [-0.4, -0.2) is 67.7 Å². The maximum atomic E-state index is 13.2. The standard InChI is InChI=1S/C30H52N6O5/c1-20(2)19-22-10-12-23(13-11-22)34-27(38)24(9-8-15-32-29(31)40)35-28(39)26(21(3)4)36-25(37)14-17-41-18-16-33-30(5,6)7/h10-13,20-21,24,26,33H,8-9,14-19H2,1-7H3,(H,34,38)(H,35,39)(H,36,37)(H3,31,32,40)/t24-,26-/m0/s1. The second kappa shape index (κ2) is 18.3. The summed E-state index contributed by atoms with van der Waals surface area (Å²) in [5.74, 6) is -0.860. The molecule has 11 nitrogen and oxygen atoms in total. The topological polar surface area (TPSA) is 164 Å². The number of carbonyl (C=O) groups excluding carboxylic acids is 4. The summed E-state index contributed by atoms with van der Waals surface area (Å²) in [7, 11) is 0. The molecule has 232 valence electrons. The van der Waals surface area contributed by atoms with E-state index in [0.717, 1.165) is 6.42 Å². The van der Waals surface area contributed by atoms with Crippen molar-refractivity contribution in [2.75, 3.05) is 31.6 Å². The van der Waals surface area contributed by atoms with E-state index in [0.29, 0.717) is 31.2 Å². The number of carbonyl (C=O) groups is 4. The van der Waals surface area contributed by atoms with Gasteiger partial charge in [0.25, 0.3) is 0 Å². The summed E-state index contributed by atoms with van der Waals surface area (Å²) in [6, 6.07) is 5.23. The molecule has 1 rings (SSSR count). The van der Waals surface area contributed by atoms with E-state index in [4.69, 9.17) is 10.5 Å². The second-order valence-corrected chi connectivity index (χ2v) is 12.1. The Labute approximate surface area is 245 Å². The molecule has 0 spiro atoms. The van der Waals surface area contributed by atoms with Gasteiger partial charge in [0.1, 0.15) is 12.1 Å². The van der Waals surface area contributed by atoms with E-state index in [1.165, 1.54) is 5.56 Å². The first-order valence-electron chi connectivity index (χ1n) is 14.5. The number of amides is 5. The first-order valence-corrected chi connectivity index (χ1v) is 14.5. The zero-order valence-electron chi connectivity index (χ0n) is 25.9. The van der Waals surface area contributed by atoms with Gasteiger partial charge >= 0.3 is 6.03 Å². The third-order valence-electron chi connectivity index (χ3n) is 6.11. The molecule has 41 heavy (non-hydrogen) atoms. The van der Waals surface area contributed by atoms with Gasteiger partial charge in [-0.1, -0.05) is 39.8 Å². The van der Waals surface area contributed by atoms with Crippen LogP contribution >= 0.6 is 0 Å². The number of nitrogens with two attached hydrogens (primary N) is 1. The van der Waals surface area contributed by atoms with Crippen LogP contribution in [0.2, 0.25) is 0 Å². The molecular weight excluding hydrogens is 524 g/mol. The highest BCUT2D eigenvalue weighted by Gasteiger charge is 2.28. The van der Waals surface area contributed by atoms with Gasteiger partial charge < -0.3 is 37.1 Å². The fraction of sp³-hybridized carbons (Fsp3) is 0.667. The summed E-state index contributed by atoms with van der Waals surface area (Å²) in [6.45, 7) is 15.8. The third kappa shape index (κ3) is 16.6. The highest BCUT2D eigenvalue weighted by Crippen LogP contribution is 2.14. The molecule has 1 aromatic rings. The number of rotatable bonds is 18. The van der Waals surface area contributed by atoms with Gasteiger partial charge in [-0.15, -0.1) is 0 Å². The summed E-state index contributed by atoms with van der Waals surface area (Å²) in [4.78, 5) is 50.0. The van der Waals surface area contributed by atoms with Gasteiger partial charge in [-0.3, -0.25) is 14.4 Å². The molecule has 0 fully saturated rings. The highest BCUT2D eigenvalue weighted by atomic mass is 16.5. The molecule has 0 saturated heterocycles. The van der Waals surface area contributed by atoms with Gasteiger partial charge in [-0.05, 0) is 69.6 Å². The Morgan fingerprint density at radius 2 is 1.56 bits per heavy atom. The second-order valence-electron chi connectivity index (χ2n) is 12.1. The summed E-state index contributed by atoms with van der Waals surface area (Å²) < 4.78 is 5.54. The molecule has 0 bridgehead atoms. The first kappa shape index (κ1) is 35.8. The number of benzene rings is 1. The lowest BCUT2D eigenvalue weighted by molar-refractivity contribution is -0.132. The smallest absolute Gasteiger partial charge is 0.312 e. The average Bonchev–Trinajstić information content (AvgIpc) is 2.86. The number of primary amides is 1. The van der Waals surface area contributed by atoms with Crippen molar-refractivity contribution in [3.05, 3.63) is 29.8 Å². The van der Waals surface area contributed by atoms with E-state index in [9.17, 15) is 19.2 Å². The molecule has 0 aliphatic heterocycles. The third-order valence-corrected chi connectivity index (χ3v) is 6.11. The molecule has 1 aromatic carbocycles. The van der Waals surface area contributed by atoms with Crippen LogP contribution in [0.5, 0.6) is 0 Å². The molecule has 0 unspecified atom stereocenters. The number of ether oxygens (including phenoxy) is 1. The molecule has 2 atom stereocenters. The van der Waals surface area contributed by atoms with Crippen LogP contribution < -0.4 is 32.3 Å². The minimum Gasteiger partial charge on any atom is -0.380 e. The number of hydrogen-bond acceptors (Lipinski definition) is 6. The number of urea groups is 1. The monoisotopic (exact) mass is 576 g/mol. The molecule has 0 saturated carbocycles. The Hall–Kier alpha value is -3.18. The van der Waals surface area contributed by atoms with Crippen LogP contribution in [0.15, 0.2) is 24.3 Å². The lowest BCUT2D eigenvalue weighted by atomic mass is 10.0. The zero-order valence-corrected chi connectivity index (χ0v) is 25.9. The van der Waals surface area contributed by atoms with Crippen LogP contribution in [0.4, 0.5) is 10.5 Å². The minimum atomic E-state index is -0.885. The maximum absolute atomic E-state index is 13.2. The van der Waals surface area contributed by atoms with Gasteiger partial charge in [0, 0.05) is 30.7 Å². The Kier molecular flexibility index (Phi) is 16.0. The van der Waals surface area contributed by atoms with Crippen molar-refractivity contribution in [2.24, 2.45) is 17.6 Å². The Morgan fingerprint density at radius 1 is 0.902 bits per heavy atom. The predicted molar refractivity (Wildman–Crippen MR) is 162 cm³/mol. The number of anilines is 1. The van der Waals surface area contributed by atoms with Crippen molar-refractivity contribution in [1.82, 2.24) is 21.3 Å². The minimum absolute atomic E-state index is 0.0101. The van der Waals surface area contributed by atoms with Crippen molar-refractivity contribution in [1.29, 1.82) is 0 Å². The molecule has 11 heteroatoms. The Bertz CT molecular complexity index is 959. The van der Waals surface area contributed by atoms with Gasteiger partial charge in [0.05, 0.1) is 13.2 Å². The summed E-state index contributed by atoms with van der Waals surface area (Å²) in [5, 5.41) is 14.2. The fourth-order valence-corrected chi connectivity index (χ4v) is 4.02. The van der Waals surface area contributed by atoms with Crippen molar-refractivity contribution < 1.29 is 23.9 Å². The van der Waals surface area contributed by atoms with Gasteiger partial charge in [-0.25, -0.2) is 4.79 Å². The Morgan fingerprint density at radius 3 is 2.12 bits per heavy atom. The first-order chi connectivity index (χ1) is 19.2. The SMILES string of the molecule is CC(C)Cc1ccc(NC(=O)[C@H](CCCNC(N)=O)NC(=O)[C@@H](NC(=O)CCOCCNC(C)(C)C)C(C)C)cc1. The van der Waals surface area contributed by atoms with E-state index in [1.807, 2.05) is 38.1 Å². The number of nitrogens with one attached hydrogen (secondary N) is 5. The van der Waals surface area contributed by atoms with E-state index in [2.05, 4.69) is 61.2 Å². The molecule has 5 amide bonds. The zero-order chi connectivity index (χ0) is 31.0. The molecule has 0 aliphatic rings. The van der Waals surface area contributed by atoms with Crippen molar-refractivity contribution in [3.63, 3.8) is 0 Å². The van der Waals surface area contributed by atoms with E-state index in [-0.39, 0.29) is 49.3 Å². The maximum Gasteiger partial charge on any atom is 0.312 e. The van der Waals surface area contributed by atoms with Crippen LogP contribution in [0.1, 0.15) is 73.3 Å². The summed E-state index contributed by atoms with van der Waals surface area (Å²) in [6.07, 6.45) is 1.72. The number of hydrogen-bond donors (Lipinski definition) is 6. The molecule has 0 heterocycles. The average molecular weight is 577 g/mol. The van der Waals surface area contributed by atoms with Crippen LogP contribution in [0.3, 0.4) is 0 Å².